The van der Waals surface area contributed by atoms with Crippen molar-refractivity contribution in [2.45, 2.75) is 31.5 Å². The van der Waals surface area contributed by atoms with E-state index in [1.54, 1.807) is 0 Å². The van der Waals surface area contributed by atoms with Crippen LogP contribution < -0.4 is 10.9 Å². The normalized spacial score (nSPS) is 13.5. The largest absolute Gasteiger partial charge is 0.416 e. The molecule has 0 saturated heterocycles. The number of alkyl halides is 12. The maximum absolute atomic E-state index is 13.2. The molecule has 0 unspecified atom stereocenters. The van der Waals surface area contributed by atoms with Gasteiger partial charge in [-0.1, -0.05) is 35.9 Å². The Morgan fingerprint density at radius 1 is 0.533 bits per heavy atom. The molecule has 2 rings (SSSR count). The molecule has 0 aliphatic rings. The molecule has 0 radical (unpaired) electrons. The third-order valence-corrected chi connectivity index (χ3v) is 4.26. The summed E-state index contributed by atoms with van der Waals surface area (Å²) in [6.45, 7) is -1.08. The Bertz CT molecular complexity index is 886. The van der Waals surface area contributed by atoms with Gasteiger partial charge in [-0.3, -0.25) is 0 Å². The van der Waals surface area contributed by atoms with Gasteiger partial charge in [0.1, 0.15) is 0 Å². The maximum atomic E-state index is 13.2. The van der Waals surface area contributed by atoms with Crippen LogP contribution in [0.2, 0.25) is 6.82 Å². The van der Waals surface area contributed by atoms with Gasteiger partial charge in [-0.15, -0.1) is 0 Å². The van der Waals surface area contributed by atoms with Crippen molar-refractivity contribution in [2.24, 2.45) is 0 Å². The summed E-state index contributed by atoms with van der Waals surface area (Å²) in [7, 11) is 0. The minimum atomic E-state index is -5.27. The van der Waals surface area contributed by atoms with Gasteiger partial charge in [0.05, 0.1) is 22.3 Å². The van der Waals surface area contributed by atoms with E-state index in [-0.39, 0.29) is 36.4 Å². The fourth-order valence-corrected chi connectivity index (χ4v) is 2.76. The second kappa shape index (κ2) is 7.42. The lowest BCUT2D eigenvalue weighted by Crippen LogP contribution is -2.44. The zero-order chi connectivity index (χ0) is 23.3. The molecular formula is C17H9BF12. The molecule has 30 heavy (non-hydrogen) atoms. The SMILES string of the molecule is CB(c1cc(C(F)(F)F)cc(C(F)(F)F)c1)c1cc(C(F)(F)F)ccc1C(F)(F)F. The monoisotopic (exact) mass is 452 g/mol. The summed E-state index contributed by atoms with van der Waals surface area (Å²) in [5.74, 6) is 0. The van der Waals surface area contributed by atoms with Gasteiger partial charge in [0.15, 0.2) is 0 Å². The topological polar surface area (TPSA) is 0 Å². The molecule has 2 aromatic rings. The summed E-state index contributed by atoms with van der Waals surface area (Å²) in [6.07, 6.45) is -20.8. The fourth-order valence-electron chi connectivity index (χ4n) is 2.76. The number of rotatable bonds is 2. The van der Waals surface area contributed by atoms with Crippen LogP contribution in [0.5, 0.6) is 0 Å². The van der Waals surface area contributed by atoms with Gasteiger partial charge in [-0.25, -0.2) is 0 Å². The fraction of sp³-hybridized carbons (Fsp3) is 0.294. The highest BCUT2D eigenvalue weighted by atomic mass is 19.4. The van der Waals surface area contributed by atoms with E-state index in [4.69, 9.17) is 0 Å². The van der Waals surface area contributed by atoms with E-state index in [0.717, 1.165) is 6.82 Å². The van der Waals surface area contributed by atoms with Crippen molar-refractivity contribution in [1.82, 2.24) is 0 Å². The van der Waals surface area contributed by atoms with E-state index in [2.05, 4.69) is 0 Å². The highest BCUT2D eigenvalue weighted by Crippen LogP contribution is 2.36. The van der Waals surface area contributed by atoms with Crippen LogP contribution >= 0.6 is 0 Å². The quantitative estimate of drug-likeness (QED) is 0.388. The average Bonchev–Trinajstić information content (AvgIpc) is 2.57. The van der Waals surface area contributed by atoms with Crippen LogP contribution in [-0.4, -0.2) is 6.71 Å². The van der Waals surface area contributed by atoms with Gasteiger partial charge >= 0.3 is 24.7 Å². The van der Waals surface area contributed by atoms with Crippen LogP contribution in [0.4, 0.5) is 52.7 Å². The zero-order valence-electron chi connectivity index (χ0n) is 14.6. The third kappa shape index (κ3) is 5.22. The van der Waals surface area contributed by atoms with Gasteiger partial charge in [-0.2, -0.15) is 52.7 Å². The van der Waals surface area contributed by atoms with Crippen molar-refractivity contribution in [3.8, 4) is 0 Å². The molecule has 0 amide bonds. The number of hydrogen-bond acceptors (Lipinski definition) is 0. The van der Waals surface area contributed by atoms with E-state index in [1.807, 2.05) is 0 Å². The molecule has 0 aromatic heterocycles. The van der Waals surface area contributed by atoms with Crippen molar-refractivity contribution < 1.29 is 52.7 Å². The smallest absolute Gasteiger partial charge is 0.166 e. The summed E-state index contributed by atoms with van der Waals surface area (Å²) in [6, 6.07) is 0.425. The van der Waals surface area contributed by atoms with Crippen molar-refractivity contribution in [3.05, 3.63) is 58.7 Å². The van der Waals surface area contributed by atoms with Crippen LogP contribution in [0.25, 0.3) is 0 Å². The van der Waals surface area contributed by atoms with Crippen LogP contribution in [0.15, 0.2) is 36.4 Å². The summed E-state index contributed by atoms with van der Waals surface area (Å²) < 4.78 is 156. The second-order valence-corrected chi connectivity index (χ2v) is 6.36. The van der Waals surface area contributed by atoms with Crippen molar-refractivity contribution in [1.29, 1.82) is 0 Å². The first-order chi connectivity index (χ1) is 13.3. The lowest BCUT2D eigenvalue weighted by molar-refractivity contribution is -0.143. The molecule has 0 heterocycles. The van der Waals surface area contributed by atoms with Crippen LogP contribution in [-0.2, 0) is 24.7 Å². The van der Waals surface area contributed by atoms with Gasteiger partial charge in [-0.05, 0) is 18.2 Å². The first-order valence-corrected chi connectivity index (χ1v) is 7.89. The van der Waals surface area contributed by atoms with Crippen LogP contribution in [0, 0.1) is 0 Å². The molecule has 0 aliphatic carbocycles. The number of hydrogen-bond donors (Lipinski definition) is 0. The first kappa shape index (κ1) is 23.9. The first-order valence-electron chi connectivity index (χ1n) is 7.89. The molecule has 0 aliphatic heterocycles. The summed E-state index contributed by atoms with van der Waals surface area (Å²) >= 11 is 0. The van der Waals surface area contributed by atoms with E-state index >= 15 is 0 Å². The molecule has 13 heteroatoms. The molecule has 0 nitrogen and oxygen atoms in total. The highest BCUT2D eigenvalue weighted by molar-refractivity contribution is 6.84. The molecule has 164 valence electrons. The Hall–Kier alpha value is -2.34. The molecule has 0 saturated carbocycles. The average molecular weight is 452 g/mol. The zero-order valence-corrected chi connectivity index (χ0v) is 14.6. The Morgan fingerprint density at radius 3 is 1.33 bits per heavy atom. The van der Waals surface area contributed by atoms with Gasteiger partial charge in [0, 0.05) is 0 Å². The third-order valence-electron chi connectivity index (χ3n) is 4.26. The molecule has 2 aromatic carbocycles. The van der Waals surface area contributed by atoms with Gasteiger partial charge in [0.2, 0.25) is 6.71 Å². The van der Waals surface area contributed by atoms with Gasteiger partial charge < -0.3 is 0 Å². The molecule has 0 bridgehead atoms. The summed E-state index contributed by atoms with van der Waals surface area (Å²) in [5.41, 5.74) is -8.69. The molecule has 0 N–H and O–H groups in total. The van der Waals surface area contributed by atoms with Crippen LogP contribution in [0.1, 0.15) is 22.3 Å². The minimum Gasteiger partial charge on any atom is -0.166 e. The van der Waals surface area contributed by atoms with Gasteiger partial charge in [0.25, 0.3) is 0 Å². The molecule has 0 atom stereocenters. The van der Waals surface area contributed by atoms with E-state index in [1.165, 1.54) is 0 Å². The van der Waals surface area contributed by atoms with Crippen molar-refractivity contribution in [2.75, 3.05) is 0 Å². The Morgan fingerprint density at radius 2 is 0.967 bits per heavy atom. The predicted octanol–water partition coefficient (Wildman–Crippen LogP) is 6.00. The Balaban J connectivity index is 2.77. The Kier molecular flexibility index (Phi) is 5.92. The van der Waals surface area contributed by atoms with Crippen molar-refractivity contribution in [3.63, 3.8) is 0 Å². The van der Waals surface area contributed by atoms with Crippen molar-refractivity contribution >= 4 is 17.6 Å². The number of halogens is 12. The minimum absolute atomic E-state index is 0.0705. The summed E-state index contributed by atoms with van der Waals surface area (Å²) in [4.78, 5) is 0. The molecule has 0 fully saturated rings. The number of benzene rings is 2. The predicted molar refractivity (Wildman–Crippen MR) is 83.8 cm³/mol. The van der Waals surface area contributed by atoms with Crippen LogP contribution in [0.3, 0.4) is 0 Å². The highest BCUT2D eigenvalue weighted by Gasteiger charge is 2.41. The lowest BCUT2D eigenvalue weighted by Gasteiger charge is -2.21. The molecular weight excluding hydrogens is 443 g/mol. The maximum Gasteiger partial charge on any atom is 0.416 e. The lowest BCUT2D eigenvalue weighted by atomic mass is 9.41. The standard InChI is InChI=1S/C17H9BF12/c1-18(11-5-9(15(22,23)24)4-10(6-11)16(25,26)27)13-7-8(14(19,20)21)2-3-12(13)17(28,29)30/h2-7H,1H3. The van der Waals surface area contributed by atoms with E-state index in [0.29, 0.717) is 0 Å². The second-order valence-electron chi connectivity index (χ2n) is 6.36. The Labute approximate surface area is 161 Å². The molecule has 0 spiro atoms. The van der Waals surface area contributed by atoms with E-state index < -0.39 is 64.6 Å². The summed E-state index contributed by atoms with van der Waals surface area (Å²) in [5, 5.41) is 0. The van der Waals surface area contributed by atoms with E-state index in [9.17, 15) is 52.7 Å².